The maximum Gasteiger partial charge on any atom is 0.327 e. The third-order valence-electron chi connectivity index (χ3n) is 2.79. The van der Waals surface area contributed by atoms with Crippen LogP contribution in [-0.4, -0.2) is 66.2 Å². The van der Waals surface area contributed by atoms with E-state index in [1.54, 1.807) is 0 Å². The molecule has 1 fully saturated rings. The van der Waals surface area contributed by atoms with Crippen LogP contribution in [0.15, 0.2) is 0 Å². The Morgan fingerprint density at radius 1 is 1.32 bits per heavy atom. The van der Waals surface area contributed by atoms with Crippen molar-refractivity contribution in [1.29, 1.82) is 0 Å². The van der Waals surface area contributed by atoms with Gasteiger partial charge in [0.15, 0.2) is 0 Å². The molecule has 0 aromatic rings. The first-order valence-corrected chi connectivity index (χ1v) is 7.43. The first kappa shape index (κ1) is 15.9. The average molecular weight is 293 g/mol. The Kier molecular flexibility index (Phi) is 5.27. The van der Waals surface area contributed by atoms with E-state index in [1.807, 2.05) is 6.92 Å². The van der Waals surface area contributed by atoms with Gasteiger partial charge in [-0.15, -0.1) is 0 Å². The summed E-state index contributed by atoms with van der Waals surface area (Å²) in [7, 11) is -3.60. The maximum atomic E-state index is 12.1. The van der Waals surface area contributed by atoms with Crippen LogP contribution >= 0.6 is 0 Å². The highest BCUT2D eigenvalue weighted by molar-refractivity contribution is 7.87. The minimum atomic E-state index is -3.60. The van der Waals surface area contributed by atoms with Gasteiger partial charge in [0.05, 0.1) is 0 Å². The van der Waals surface area contributed by atoms with Crippen molar-refractivity contribution in [2.24, 2.45) is 0 Å². The standard InChI is InChI=1S/C10H19N3O5S/c1-3-4-12-5-6-13(19(12,17)18)7-9(10(15)16)11-8(2)14/h9H,3-7H2,1-2H3,(H,11,14)(H,15,16). The van der Waals surface area contributed by atoms with Crippen LogP contribution in [0.4, 0.5) is 0 Å². The summed E-state index contributed by atoms with van der Waals surface area (Å²) in [6.07, 6.45) is 0.696. The van der Waals surface area contributed by atoms with Crippen molar-refractivity contribution in [1.82, 2.24) is 13.9 Å². The summed E-state index contributed by atoms with van der Waals surface area (Å²) in [5, 5.41) is 11.2. The molecule has 1 rings (SSSR count). The maximum absolute atomic E-state index is 12.1. The van der Waals surface area contributed by atoms with Gasteiger partial charge in [0, 0.05) is 33.1 Å². The van der Waals surface area contributed by atoms with Gasteiger partial charge in [-0.3, -0.25) is 4.79 Å². The van der Waals surface area contributed by atoms with Crippen molar-refractivity contribution in [3.05, 3.63) is 0 Å². The van der Waals surface area contributed by atoms with Crippen LogP contribution in [0.25, 0.3) is 0 Å². The third kappa shape index (κ3) is 3.88. The van der Waals surface area contributed by atoms with E-state index in [1.165, 1.54) is 11.2 Å². The zero-order chi connectivity index (χ0) is 14.6. The van der Waals surface area contributed by atoms with Gasteiger partial charge in [-0.05, 0) is 6.42 Å². The van der Waals surface area contributed by atoms with E-state index in [9.17, 15) is 18.0 Å². The van der Waals surface area contributed by atoms with Gasteiger partial charge in [-0.2, -0.15) is 17.0 Å². The number of carboxylic acids is 1. The molecule has 19 heavy (non-hydrogen) atoms. The Balaban J connectivity index is 2.76. The van der Waals surface area contributed by atoms with E-state index in [-0.39, 0.29) is 13.1 Å². The molecule has 0 aromatic heterocycles. The molecule has 0 aliphatic carbocycles. The molecule has 8 nitrogen and oxygen atoms in total. The zero-order valence-corrected chi connectivity index (χ0v) is 11.8. The van der Waals surface area contributed by atoms with Crippen molar-refractivity contribution < 1.29 is 23.1 Å². The van der Waals surface area contributed by atoms with E-state index in [0.29, 0.717) is 19.5 Å². The lowest BCUT2D eigenvalue weighted by Gasteiger charge is -2.21. The second-order valence-corrected chi connectivity index (χ2v) is 6.28. The molecule has 110 valence electrons. The minimum Gasteiger partial charge on any atom is -0.480 e. The highest BCUT2D eigenvalue weighted by Gasteiger charge is 2.38. The Hall–Kier alpha value is -1.19. The van der Waals surface area contributed by atoms with E-state index in [0.717, 1.165) is 4.31 Å². The molecule has 1 unspecified atom stereocenters. The number of hydrogen-bond donors (Lipinski definition) is 2. The molecule has 1 heterocycles. The largest absolute Gasteiger partial charge is 0.480 e. The van der Waals surface area contributed by atoms with Gasteiger partial charge >= 0.3 is 5.97 Å². The van der Waals surface area contributed by atoms with Crippen LogP contribution < -0.4 is 5.32 Å². The number of carbonyl (C=O) groups is 2. The number of aliphatic carboxylic acids is 1. The summed E-state index contributed by atoms with van der Waals surface area (Å²) in [4.78, 5) is 21.9. The van der Waals surface area contributed by atoms with Gasteiger partial charge in [0.2, 0.25) is 5.91 Å². The van der Waals surface area contributed by atoms with Gasteiger partial charge in [0.1, 0.15) is 6.04 Å². The lowest BCUT2D eigenvalue weighted by atomic mass is 10.3. The van der Waals surface area contributed by atoms with Crippen molar-refractivity contribution >= 4 is 22.1 Å². The molecule has 1 atom stereocenters. The average Bonchev–Trinajstić information content (AvgIpc) is 2.55. The van der Waals surface area contributed by atoms with Crippen LogP contribution in [0.1, 0.15) is 20.3 Å². The monoisotopic (exact) mass is 293 g/mol. The van der Waals surface area contributed by atoms with E-state index in [4.69, 9.17) is 5.11 Å². The fourth-order valence-corrected chi connectivity index (χ4v) is 3.62. The third-order valence-corrected chi connectivity index (χ3v) is 4.79. The lowest BCUT2D eigenvalue weighted by Crippen LogP contribution is -2.49. The molecule has 1 amide bonds. The quantitative estimate of drug-likeness (QED) is 0.643. The van der Waals surface area contributed by atoms with Gasteiger partial charge in [0.25, 0.3) is 10.2 Å². The SMILES string of the molecule is CCCN1CCN(CC(NC(C)=O)C(=O)O)S1(=O)=O. The Morgan fingerprint density at radius 2 is 1.89 bits per heavy atom. The Morgan fingerprint density at radius 3 is 2.37 bits per heavy atom. The minimum absolute atomic E-state index is 0.242. The molecule has 1 aliphatic heterocycles. The van der Waals surface area contributed by atoms with Crippen LogP contribution in [0.5, 0.6) is 0 Å². The molecule has 9 heteroatoms. The number of carboxylic acid groups (broad SMARTS) is 1. The first-order valence-electron chi connectivity index (χ1n) is 6.04. The highest BCUT2D eigenvalue weighted by Crippen LogP contribution is 2.16. The van der Waals surface area contributed by atoms with Crippen molar-refractivity contribution in [2.45, 2.75) is 26.3 Å². The van der Waals surface area contributed by atoms with Crippen molar-refractivity contribution in [2.75, 3.05) is 26.2 Å². The summed E-state index contributed by atoms with van der Waals surface area (Å²) in [5.41, 5.74) is 0. The summed E-state index contributed by atoms with van der Waals surface area (Å²) in [6, 6.07) is -1.23. The second kappa shape index (κ2) is 6.31. The Bertz CT molecular complexity index is 450. The van der Waals surface area contributed by atoms with Crippen LogP contribution in [-0.2, 0) is 19.8 Å². The van der Waals surface area contributed by atoms with Gasteiger partial charge in [-0.1, -0.05) is 6.92 Å². The van der Waals surface area contributed by atoms with Crippen LogP contribution in [0, 0.1) is 0 Å². The predicted molar refractivity (Wildman–Crippen MR) is 67.6 cm³/mol. The summed E-state index contributed by atoms with van der Waals surface area (Å²) in [6.45, 7) is 3.82. The number of hydrogen-bond acceptors (Lipinski definition) is 4. The van der Waals surface area contributed by atoms with Crippen LogP contribution in [0.2, 0.25) is 0 Å². The summed E-state index contributed by atoms with van der Waals surface area (Å²) >= 11 is 0. The van der Waals surface area contributed by atoms with E-state index in [2.05, 4.69) is 5.32 Å². The summed E-state index contributed by atoms with van der Waals surface area (Å²) < 4.78 is 26.6. The zero-order valence-electron chi connectivity index (χ0n) is 11.0. The number of carbonyl (C=O) groups excluding carboxylic acids is 1. The summed E-state index contributed by atoms with van der Waals surface area (Å²) in [5.74, 6) is -1.76. The lowest BCUT2D eigenvalue weighted by molar-refractivity contribution is -0.141. The highest BCUT2D eigenvalue weighted by atomic mass is 32.2. The first-order chi connectivity index (χ1) is 8.78. The Labute approximate surface area is 112 Å². The number of nitrogens with one attached hydrogen (secondary N) is 1. The topological polar surface area (TPSA) is 107 Å². The predicted octanol–water partition coefficient (Wildman–Crippen LogP) is -1.15. The van der Waals surface area contributed by atoms with Gasteiger partial charge in [-0.25, -0.2) is 4.79 Å². The fraction of sp³-hybridized carbons (Fsp3) is 0.800. The molecule has 0 radical (unpaired) electrons. The molecule has 0 aromatic carbocycles. The molecular formula is C10H19N3O5S. The van der Waals surface area contributed by atoms with Crippen LogP contribution in [0.3, 0.4) is 0 Å². The number of rotatable bonds is 6. The molecule has 2 N–H and O–H groups in total. The van der Waals surface area contributed by atoms with E-state index >= 15 is 0 Å². The normalized spacial score (nSPS) is 21.2. The molecular weight excluding hydrogens is 274 g/mol. The smallest absolute Gasteiger partial charge is 0.327 e. The molecule has 0 bridgehead atoms. The second-order valence-electron chi connectivity index (χ2n) is 4.36. The van der Waals surface area contributed by atoms with Crippen molar-refractivity contribution in [3.8, 4) is 0 Å². The molecule has 1 aliphatic rings. The van der Waals surface area contributed by atoms with E-state index < -0.39 is 28.1 Å². The fourth-order valence-electron chi connectivity index (χ4n) is 1.91. The molecule has 0 saturated carbocycles. The van der Waals surface area contributed by atoms with Crippen molar-refractivity contribution in [3.63, 3.8) is 0 Å². The van der Waals surface area contributed by atoms with Gasteiger partial charge < -0.3 is 10.4 Å². The molecule has 0 spiro atoms. The number of amides is 1. The molecule has 1 saturated heterocycles. The number of nitrogens with zero attached hydrogens (tertiary/aromatic N) is 2.